The first kappa shape index (κ1) is 17.0. The molecule has 1 atom stereocenters. The molecule has 0 unspecified atom stereocenters. The number of fused-ring (bicyclic) bond motifs is 1. The van der Waals surface area contributed by atoms with Crippen molar-refractivity contribution >= 4 is 16.9 Å². The summed E-state index contributed by atoms with van der Waals surface area (Å²) in [6.07, 6.45) is 2.92. The molecule has 1 aliphatic heterocycles. The lowest BCUT2D eigenvalue weighted by molar-refractivity contribution is 0.296. The summed E-state index contributed by atoms with van der Waals surface area (Å²) in [5.41, 5.74) is 2.85. The maximum absolute atomic E-state index is 4.91. The van der Waals surface area contributed by atoms with Gasteiger partial charge in [-0.15, -0.1) is 0 Å². The Bertz CT molecular complexity index is 894. The van der Waals surface area contributed by atoms with E-state index in [9.17, 15) is 0 Å². The molecule has 1 saturated heterocycles. The summed E-state index contributed by atoms with van der Waals surface area (Å²) in [4.78, 5) is 11.6. The van der Waals surface area contributed by atoms with E-state index in [1.54, 1.807) is 6.20 Å². The van der Waals surface area contributed by atoms with Crippen molar-refractivity contribution < 1.29 is 0 Å². The highest BCUT2D eigenvalue weighted by Crippen LogP contribution is 2.27. The number of piperazine rings is 1. The molecule has 0 saturated carbocycles. The second-order valence-corrected chi connectivity index (χ2v) is 8.21. The minimum Gasteiger partial charge on any atom is -0.354 e. The van der Waals surface area contributed by atoms with Gasteiger partial charge in [0, 0.05) is 37.3 Å². The summed E-state index contributed by atoms with van der Waals surface area (Å²) in [5.74, 6) is 1.02. The smallest absolute Gasteiger partial charge is 0.155 e. The van der Waals surface area contributed by atoms with Crippen LogP contribution in [0.15, 0.2) is 36.5 Å². The van der Waals surface area contributed by atoms with E-state index in [1.165, 1.54) is 0 Å². The van der Waals surface area contributed by atoms with Crippen LogP contribution < -0.4 is 10.2 Å². The van der Waals surface area contributed by atoms with Gasteiger partial charge in [0.2, 0.25) is 0 Å². The Kier molecular flexibility index (Phi) is 4.36. The van der Waals surface area contributed by atoms with E-state index in [2.05, 4.69) is 58.3 Å². The number of pyridine rings is 2. The first-order chi connectivity index (χ1) is 12.5. The standard InChI is InChI=1S/C20H26N6/c1-20(2,3)12-14-13-26(11-10-21-14)17-8-4-7-16(23-17)18-15-6-5-9-22-19(15)25-24-18/h4-9,14,21H,10-13H2,1-3H3,(H,22,24,25)/t14-/m0/s1. The van der Waals surface area contributed by atoms with Crippen molar-refractivity contribution in [3.05, 3.63) is 36.5 Å². The van der Waals surface area contributed by atoms with Crippen LogP contribution >= 0.6 is 0 Å². The molecule has 0 bridgehead atoms. The number of aromatic nitrogens is 4. The Hall–Kier alpha value is -2.47. The average Bonchev–Trinajstić information content (AvgIpc) is 3.05. The quantitative estimate of drug-likeness (QED) is 0.759. The summed E-state index contributed by atoms with van der Waals surface area (Å²) in [6, 6.07) is 10.6. The van der Waals surface area contributed by atoms with Crippen molar-refractivity contribution in [2.75, 3.05) is 24.5 Å². The first-order valence-corrected chi connectivity index (χ1v) is 9.24. The molecule has 0 aliphatic carbocycles. The molecule has 2 N–H and O–H groups in total. The van der Waals surface area contributed by atoms with Crippen LogP contribution in [-0.4, -0.2) is 45.8 Å². The van der Waals surface area contributed by atoms with E-state index < -0.39 is 0 Å². The van der Waals surface area contributed by atoms with Gasteiger partial charge in [-0.25, -0.2) is 9.97 Å². The number of anilines is 1. The second kappa shape index (κ2) is 6.68. The molecule has 3 aromatic heterocycles. The molecule has 1 fully saturated rings. The largest absolute Gasteiger partial charge is 0.354 e. The van der Waals surface area contributed by atoms with Gasteiger partial charge in [-0.05, 0) is 36.1 Å². The summed E-state index contributed by atoms with van der Waals surface area (Å²) in [6.45, 7) is 9.83. The molecule has 0 spiro atoms. The van der Waals surface area contributed by atoms with E-state index in [-0.39, 0.29) is 0 Å². The van der Waals surface area contributed by atoms with Crippen LogP contribution in [-0.2, 0) is 0 Å². The molecule has 4 rings (SSSR count). The Morgan fingerprint density at radius 3 is 2.92 bits per heavy atom. The number of hydrogen-bond acceptors (Lipinski definition) is 5. The summed E-state index contributed by atoms with van der Waals surface area (Å²) in [7, 11) is 0. The van der Waals surface area contributed by atoms with Gasteiger partial charge in [0.05, 0.1) is 5.69 Å². The zero-order valence-corrected chi connectivity index (χ0v) is 15.7. The van der Waals surface area contributed by atoms with Crippen molar-refractivity contribution in [1.82, 2.24) is 25.5 Å². The molecular weight excluding hydrogens is 324 g/mol. The third kappa shape index (κ3) is 3.55. The highest BCUT2D eigenvalue weighted by molar-refractivity contribution is 5.89. The van der Waals surface area contributed by atoms with Gasteiger partial charge < -0.3 is 10.2 Å². The molecule has 26 heavy (non-hydrogen) atoms. The van der Waals surface area contributed by atoms with Gasteiger partial charge in [-0.1, -0.05) is 26.8 Å². The highest BCUT2D eigenvalue weighted by atomic mass is 15.2. The molecule has 6 heteroatoms. The predicted octanol–water partition coefficient (Wildman–Crippen LogP) is 3.23. The van der Waals surface area contributed by atoms with Crippen LogP contribution in [0.2, 0.25) is 0 Å². The number of rotatable bonds is 3. The highest BCUT2D eigenvalue weighted by Gasteiger charge is 2.25. The van der Waals surface area contributed by atoms with Crippen molar-refractivity contribution in [1.29, 1.82) is 0 Å². The monoisotopic (exact) mass is 350 g/mol. The number of nitrogens with zero attached hydrogens (tertiary/aromatic N) is 4. The fraction of sp³-hybridized carbons (Fsp3) is 0.450. The van der Waals surface area contributed by atoms with Crippen LogP contribution in [0.3, 0.4) is 0 Å². The Labute approximate surface area is 154 Å². The van der Waals surface area contributed by atoms with Crippen LogP contribution in [0.5, 0.6) is 0 Å². The van der Waals surface area contributed by atoms with Gasteiger partial charge in [-0.2, -0.15) is 5.10 Å². The van der Waals surface area contributed by atoms with Gasteiger partial charge in [-0.3, -0.25) is 5.10 Å². The SMILES string of the molecule is CC(C)(C)C[C@H]1CN(c2cccc(-c3n[nH]c4ncccc34)n2)CCN1. The third-order valence-corrected chi connectivity index (χ3v) is 4.75. The van der Waals surface area contributed by atoms with Crippen LogP contribution in [0, 0.1) is 5.41 Å². The predicted molar refractivity (Wildman–Crippen MR) is 105 cm³/mol. The molecule has 6 nitrogen and oxygen atoms in total. The van der Waals surface area contributed by atoms with Gasteiger partial charge in [0.15, 0.2) is 5.65 Å². The fourth-order valence-corrected chi connectivity index (χ4v) is 3.69. The van der Waals surface area contributed by atoms with Crippen molar-refractivity contribution in [2.24, 2.45) is 5.41 Å². The lowest BCUT2D eigenvalue weighted by Gasteiger charge is -2.37. The van der Waals surface area contributed by atoms with Crippen LogP contribution in [0.4, 0.5) is 5.82 Å². The lowest BCUT2D eigenvalue weighted by Crippen LogP contribution is -2.52. The van der Waals surface area contributed by atoms with E-state index in [0.717, 1.165) is 54.3 Å². The fourth-order valence-electron chi connectivity index (χ4n) is 3.69. The molecule has 136 valence electrons. The molecule has 0 aromatic carbocycles. The second-order valence-electron chi connectivity index (χ2n) is 8.21. The van der Waals surface area contributed by atoms with E-state index in [4.69, 9.17) is 4.98 Å². The van der Waals surface area contributed by atoms with E-state index in [0.29, 0.717) is 11.5 Å². The van der Waals surface area contributed by atoms with Crippen LogP contribution in [0.1, 0.15) is 27.2 Å². The molecular formula is C20H26N6. The maximum Gasteiger partial charge on any atom is 0.155 e. The normalized spacial score (nSPS) is 18.4. The Morgan fingerprint density at radius 2 is 2.08 bits per heavy atom. The van der Waals surface area contributed by atoms with Crippen LogP contribution in [0.25, 0.3) is 22.4 Å². The zero-order valence-electron chi connectivity index (χ0n) is 15.7. The first-order valence-electron chi connectivity index (χ1n) is 9.24. The van der Waals surface area contributed by atoms with Gasteiger partial charge >= 0.3 is 0 Å². The Balaban J connectivity index is 1.60. The number of nitrogens with one attached hydrogen (secondary N) is 2. The Morgan fingerprint density at radius 1 is 1.19 bits per heavy atom. The zero-order chi connectivity index (χ0) is 18.1. The van der Waals surface area contributed by atoms with Gasteiger partial charge in [0.25, 0.3) is 0 Å². The molecule has 4 heterocycles. The maximum atomic E-state index is 4.91. The minimum atomic E-state index is 0.316. The van der Waals surface area contributed by atoms with Crippen molar-refractivity contribution in [3.8, 4) is 11.4 Å². The van der Waals surface area contributed by atoms with E-state index in [1.807, 2.05) is 18.2 Å². The van der Waals surface area contributed by atoms with Crippen molar-refractivity contribution in [3.63, 3.8) is 0 Å². The minimum absolute atomic E-state index is 0.316. The molecule has 3 aromatic rings. The van der Waals surface area contributed by atoms with Crippen molar-refractivity contribution in [2.45, 2.75) is 33.2 Å². The van der Waals surface area contributed by atoms with Gasteiger partial charge in [0.1, 0.15) is 11.5 Å². The molecule has 1 aliphatic rings. The summed E-state index contributed by atoms with van der Waals surface area (Å²) < 4.78 is 0. The molecule has 0 amide bonds. The lowest BCUT2D eigenvalue weighted by atomic mass is 9.87. The summed E-state index contributed by atoms with van der Waals surface area (Å²) >= 11 is 0. The summed E-state index contributed by atoms with van der Waals surface area (Å²) in [5, 5.41) is 12.1. The number of H-pyrrole nitrogens is 1. The van der Waals surface area contributed by atoms with E-state index >= 15 is 0 Å². The number of aromatic amines is 1. The number of hydrogen-bond donors (Lipinski definition) is 2. The average molecular weight is 350 g/mol. The molecule has 0 radical (unpaired) electrons. The third-order valence-electron chi connectivity index (χ3n) is 4.75. The topological polar surface area (TPSA) is 69.7 Å².